The van der Waals surface area contributed by atoms with Crippen molar-refractivity contribution in [3.8, 4) is 11.3 Å². The fourth-order valence-electron chi connectivity index (χ4n) is 3.16. The minimum Gasteiger partial charge on any atom is -0.409 e. The van der Waals surface area contributed by atoms with E-state index < -0.39 is 0 Å². The van der Waals surface area contributed by atoms with Crippen LogP contribution < -0.4 is 5.73 Å². The molecule has 3 heterocycles. The summed E-state index contributed by atoms with van der Waals surface area (Å²) in [7, 11) is 0. The lowest BCUT2D eigenvalue weighted by Gasteiger charge is -2.06. The number of oxime groups is 1. The molecule has 4 rings (SSSR count). The van der Waals surface area contributed by atoms with E-state index in [0.717, 1.165) is 16.9 Å². The van der Waals surface area contributed by atoms with E-state index in [9.17, 15) is 0 Å². The molecule has 0 amide bonds. The highest BCUT2D eigenvalue weighted by Crippen LogP contribution is 2.33. The summed E-state index contributed by atoms with van der Waals surface area (Å²) in [5.74, 6) is 0.0134. The number of aromatic amines is 1. The predicted octanol–water partition coefficient (Wildman–Crippen LogP) is 4.29. The number of nitrogens with two attached hydrogens (primary N) is 1. The molecule has 0 bridgehead atoms. The summed E-state index contributed by atoms with van der Waals surface area (Å²) in [6, 6.07) is 14.1. The number of nitrogens with one attached hydrogen (secondary N) is 1. The molecule has 0 aliphatic heterocycles. The molecular formula is C20H18N4OS. The molecule has 0 aliphatic carbocycles. The van der Waals surface area contributed by atoms with Crippen molar-refractivity contribution in [2.75, 3.05) is 0 Å². The van der Waals surface area contributed by atoms with Crippen LogP contribution in [0.3, 0.4) is 0 Å². The Hall–Kier alpha value is -3.12. The van der Waals surface area contributed by atoms with Gasteiger partial charge >= 0.3 is 0 Å². The number of nitrogens with zero attached hydrogens (tertiary/aromatic N) is 2. The predicted molar refractivity (Wildman–Crippen MR) is 106 cm³/mol. The standard InChI is InChI=1S/C20H18N4OS/c1-12-5-6-15-16(10-14-3-2-4-17(22-14)20(21)24-25)19(23-18(15)9-12)13-7-8-26-11-13/h2-9,11,23,25H,10H2,1H3,(H2,21,24). The van der Waals surface area contributed by atoms with E-state index in [2.05, 4.69) is 57.1 Å². The summed E-state index contributed by atoms with van der Waals surface area (Å²) in [5, 5.41) is 17.3. The Bertz CT molecular complexity index is 1100. The SMILES string of the molecule is Cc1ccc2c(Cc3cccc(C(N)=NO)n3)c(-c3ccsc3)[nH]c2c1. The first kappa shape index (κ1) is 16.4. The van der Waals surface area contributed by atoms with Crippen molar-refractivity contribution in [2.45, 2.75) is 13.3 Å². The molecule has 0 fully saturated rings. The van der Waals surface area contributed by atoms with Gasteiger partial charge in [0.05, 0.1) is 5.69 Å². The van der Waals surface area contributed by atoms with E-state index in [1.807, 2.05) is 12.1 Å². The second-order valence-electron chi connectivity index (χ2n) is 6.22. The van der Waals surface area contributed by atoms with Crippen LogP contribution >= 0.6 is 11.3 Å². The van der Waals surface area contributed by atoms with Crippen LogP contribution in [-0.2, 0) is 6.42 Å². The van der Waals surface area contributed by atoms with E-state index in [0.29, 0.717) is 12.1 Å². The van der Waals surface area contributed by atoms with Crippen molar-refractivity contribution in [1.82, 2.24) is 9.97 Å². The average molecular weight is 362 g/mol. The molecule has 1 aromatic carbocycles. The van der Waals surface area contributed by atoms with E-state index in [4.69, 9.17) is 10.9 Å². The second-order valence-corrected chi connectivity index (χ2v) is 7.00. The van der Waals surface area contributed by atoms with Gasteiger partial charge in [0.15, 0.2) is 5.84 Å². The number of benzene rings is 1. The molecule has 0 spiro atoms. The Labute approximate surface area is 154 Å². The molecule has 4 aromatic rings. The quantitative estimate of drug-likeness (QED) is 0.219. The molecule has 5 nitrogen and oxygen atoms in total. The van der Waals surface area contributed by atoms with E-state index in [-0.39, 0.29) is 5.84 Å². The maximum Gasteiger partial charge on any atom is 0.188 e. The molecule has 0 saturated carbocycles. The van der Waals surface area contributed by atoms with Crippen LogP contribution in [0.25, 0.3) is 22.2 Å². The summed E-state index contributed by atoms with van der Waals surface area (Å²) in [4.78, 5) is 8.10. The van der Waals surface area contributed by atoms with Crippen molar-refractivity contribution in [1.29, 1.82) is 0 Å². The summed E-state index contributed by atoms with van der Waals surface area (Å²) < 4.78 is 0. The number of amidine groups is 1. The van der Waals surface area contributed by atoms with Crippen molar-refractivity contribution < 1.29 is 5.21 Å². The lowest BCUT2D eigenvalue weighted by atomic mass is 10.0. The molecule has 0 radical (unpaired) electrons. The maximum atomic E-state index is 8.89. The molecular weight excluding hydrogens is 344 g/mol. The number of hydrogen-bond acceptors (Lipinski definition) is 4. The number of fused-ring (bicyclic) bond motifs is 1. The molecule has 0 atom stereocenters. The van der Waals surface area contributed by atoms with Gasteiger partial charge in [-0.3, -0.25) is 0 Å². The Balaban J connectivity index is 1.84. The fraction of sp³-hybridized carbons (Fsp3) is 0.100. The first-order valence-electron chi connectivity index (χ1n) is 8.23. The van der Waals surface area contributed by atoms with Crippen LogP contribution in [0.1, 0.15) is 22.5 Å². The Morgan fingerprint density at radius 2 is 2.15 bits per heavy atom. The minimum absolute atomic E-state index is 0.0134. The zero-order valence-electron chi connectivity index (χ0n) is 14.2. The third-order valence-corrected chi connectivity index (χ3v) is 5.09. The number of rotatable bonds is 4. The van der Waals surface area contributed by atoms with Crippen molar-refractivity contribution in [3.63, 3.8) is 0 Å². The maximum absolute atomic E-state index is 8.89. The molecule has 130 valence electrons. The van der Waals surface area contributed by atoms with Crippen LogP contribution in [0.2, 0.25) is 0 Å². The van der Waals surface area contributed by atoms with Gasteiger partial charge < -0.3 is 15.9 Å². The molecule has 6 heteroatoms. The van der Waals surface area contributed by atoms with Gasteiger partial charge in [0.1, 0.15) is 5.69 Å². The zero-order chi connectivity index (χ0) is 18.1. The van der Waals surface area contributed by atoms with Gasteiger partial charge in [0.25, 0.3) is 0 Å². The molecule has 3 aromatic heterocycles. The average Bonchev–Trinajstić information content (AvgIpc) is 3.29. The first-order chi connectivity index (χ1) is 12.7. The van der Waals surface area contributed by atoms with Crippen molar-refractivity contribution in [2.24, 2.45) is 10.9 Å². The number of aromatic nitrogens is 2. The van der Waals surface area contributed by atoms with E-state index >= 15 is 0 Å². The third kappa shape index (κ3) is 2.95. The molecule has 0 unspecified atom stereocenters. The second kappa shape index (κ2) is 6.65. The topological polar surface area (TPSA) is 87.3 Å². The van der Waals surface area contributed by atoms with Crippen LogP contribution in [-0.4, -0.2) is 21.0 Å². The molecule has 0 saturated heterocycles. The van der Waals surface area contributed by atoms with Gasteiger partial charge in [-0.1, -0.05) is 23.4 Å². The van der Waals surface area contributed by atoms with Gasteiger partial charge in [0.2, 0.25) is 0 Å². The number of hydrogen-bond donors (Lipinski definition) is 3. The highest BCUT2D eigenvalue weighted by Gasteiger charge is 2.15. The van der Waals surface area contributed by atoms with Gasteiger partial charge in [-0.05, 0) is 47.7 Å². The van der Waals surface area contributed by atoms with Gasteiger partial charge in [-0.15, -0.1) is 0 Å². The van der Waals surface area contributed by atoms with E-state index in [1.54, 1.807) is 17.4 Å². The number of aryl methyl sites for hydroxylation is 1. The summed E-state index contributed by atoms with van der Waals surface area (Å²) >= 11 is 1.68. The molecule has 4 N–H and O–H groups in total. The van der Waals surface area contributed by atoms with Gasteiger partial charge in [0, 0.05) is 34.0 Å². The first-order valence-corrected chi connectivity index (χ1v) is 9.17. The lowest BCUT2D eigenvalue weighted by Crippen LogP contribution is -2.15. The third-order valence-electron chi connectivity index (χ3n) is 4.41. The molecule has 26 heavy (non-hydrogen) atoms. The monoisotopic (exact) mass is 362 g/mol. The summed E-state index contributed by atoms with van der Waals surface area (Å²) in [6.45, 7) is 2.09. The van der Waals surface area contributed by atoms with E-state index in [1.165, 1.54) is 22.1 Å². The lowest BCUT2D eigenvalue weighted by molar-refractivity contribution is 0.318. The van der Waals surface area contributed by atoms with Gasteiger partial charge in [-0.25, -0.2) is 4.98 Å². The van der Waals surface area contributed by atoms with Crippen LogP contribution in [0, 0.1) is 6.92 Å². The Morgan fingerprint density at radius 3 is 2.92 bits per heavy atom. The summed E-state index contributed by atoms with van der Waals surface area (Å²) in [6.07, 6.45) is 0.654. The fourth-order valence-corrected chi connectivity index (χ4v) is 3.81. The Kier molecular flexibility index (Phi) is 4.18. The smallest absolute Gasteiger partial charge is 0.188 e. The van der Waals surface area contributed by atoms with Crippen LogP contribution in [0.5, 0.6) is 0 Å². The molecule has 0 aliphatic rings. The van der Waals surface area contributed by atoms with Gasteiger partial charge in [-0.2, -0.15) is 11.3 Å². The van der Waals surface area contributed by atoms with Crippen molar-refractivity contribution in [3.05, 3.63) is 75.7 Å². The number of H-pyrrole nitrogens is 1. The zero-order valence-corrected chi connectivity index (χ0v) is 15.0. The van der Waals surface area contributed by atoms with Crippen LogP contribution in [0.4, 0.5) is 0 Å². The Morgan fingerprint density at radius 1 is 1.27 bits per heavy atom. The number of thiophene rings is 1. The van der Waals surface area contributed by atoms with Crippen molar-refractivity contribution >= 4 is 28.1 Å². The summed E-state index contributed by atoms with van der Waals surface area (Å²) in [5.41, 5.74) is 12.8. The minimum atomic E-state index is 0.0134. The van der Waals surface area contributed by atoms with Crippen LogP contribution in [0.15, 0.2) is 58.4 Å². The normalized spacial score (nSPS) is 12.0. The highest BCUT2D eigenvalue weighted by atomic mass is 32.1. The largest absolute Gasteiger partial charge is 0.409 e. The number of pyridine rings is 1. The highest BCUT2D eigenvalue weighted by molar-refractivity contribution is 7.08.